The molecule has 0 aliphatic heterocycles. The van der Waals surface area contributed by atoms with Crippen LogP contribution in [0.2, 0.25) is 0 Å². The second-order valence-corrected chi connectivity index (χ2v) is 7.93. The Kier molecular flexibility index (Phi) is 7.57. The van der Waals surface area contributed by atoms with Gasteiger partial charge in [0.2, 0.25) is 10.0 Å². The Morgan fingerprint density at radius 1 is 1.07 bits per heavy atom. The minimum Gasteiger partial charge on any atom is -0.495 e. The normalized spacial score (nSPS) is 11.0. The molecule has 2 amide bonds. The lowest BCUT2D eigenvalue weighted by atomic mass is 10.2. The highest BCUT2D eigenvalue weighted by atomic mass is 32.2. The Morgan fingerprint density at radius 3 is 2.38 bits per heavy atom. The van der Waals surface area contributed by atoms with E-state index in [1.54, 1.807) is 6.92 Å². The first-order chi connectivity index (χ1) is 13.8. The highest BCUT2D eigenvalue weighted by Crippen LogP contribution is 2.28. The van der Waals surface area contributed by atoms with Crippen LogP contribution in [0.25, 0.3) is 0 Å². The fraction of sp³-hybridized carbons (Fsp3) is 0.263. The van der Waals surface area contributed by atoms with E-state index in [9.17, 15) is 18.0 Å². The lowest BCUT2D eigenvalue weighted by Crippen LogP contribution is -2.42. The molecule has 0 unspecified atom stereocenters. The molecule has 29 heavy (non-hydrogen) atoms. The molecule has 0 fully saturated rings. The Hall–Kier alpha value is -3.11. The molecule has 10 heteroatoms. The van der Waals surface area contributed by atoms with E-state index in [1.807, 2.05) is 30.3 Å². The number of benzene rings is 2. The average molecular weight is 421 g/mol. The molecule has 0 heterocycles. The van der Waals surface area contributed by atoms with Gasteiger partial charge in [-0.3, -0.25) is 10.2 Å². The Labute approximate surface area is 169 Å². The van der Waals surface area contributed by atoms with E-state index in [0.717, 1.165) is 5.56 Å². The standard InChI is InChI=1S/C19H23N3O6S/c1-4-28-19(24)21-20-18(23)15-10-11-16(27-3)17(12-15)29(25,26)22(2)13-14-8-6-5-7-9-14/h5-12H,4,13H2,1-3H3,(H,20,23)(H,21,24). The van der Waals surface area contributed by atoms with Crippen molar-refractivity contribution in [1.82, 2.24) is 15.2 Å². The van der Waals surface area contributed by atoms with Crippen LogP contribution in [0, 0.1) is 0 Å². The van der Waals surface area contributed by atoms with Crippen LogP contribution in [0.1, 0.15) is 22.8 Å². The minimum atomic E-state index is -3.96. The molecule has 2 rings (SSSR count). The highest BCUT2D eigenvalue weighted by molar-refractivity contribution is 7.89. The average Bonchev–Trinajstić information content (AvgIpc) is 2.72. The van der Waals surface area contributed by atoms with E-state index in [2.05, 4.69) is 15.6 Å². The van der Waals surface area contributed by atoms with Crippen LogP contribution in [0.15, 0.2) is 53.4 Å². The van der Waals surface area contributed by atoms with Crippen molar-refractivity contribution in [1.29, 1.82) is 0 Å². The van der Waals surface area contributed by atoms with Crippen LogP contribution >= 0.6 is 0 Å². The molecule has 2 N–H and O–H groups in total. The molecule has 2 aromatic rings. The summed E-state index contributed by atoms with van der Waals surface area (Å²) in [7, 11) is -1.18. The smallest absolute Gasteiger partial charge is 0.426 e. The zero-order valence-corrected chi connectivity index (χ0v) is 17.2. The van der Waals surface area contributed by atoms with Gasteiger partial charge in [-0.15, -0.1) is 0 Å². The van der Waals surface area contributed by atoms with Crippen molar-refractivity contribution in [2.45, 2.75) is 18.4 Å². The summed E-state index contributed by atoms with van der Waals surface area (Å²) in [5.74, 6) is -0.609. The fourth-order valence-electron chi connectivity index (χ4n) is 2.46. The molecule has 0 saturated heterocycles. The monoisotopic (exact) mass is 421 g/mol. The summed E-state index contributed by atoms with van der Waals surface area (Å²) in [4.78, 5) is 23.4. The van der Waals surface area contributed by atoms with Gasteiger partial charge in [0.15, 0.2) is 0 Å². The van der Waals surface area contributed by atoms with E-state index in [-0.39, 0.29) is 29.4 Å². The van der Waals surface area contributed by atoms with Crippen molar-refractivity contribution in [3.05, 3.63) is 59.7 Å². The topological polar surface area (TPSA) is 114 Å². The number of carbonyl (C=O) groups is 2. The fourth-order valence-corrected chi connectivity index (χ4v) is 3.80. The van der Waals surface area contributed by atoms with Gasteiger partial charge >= 0.3 is 6.09 Å². The maximum Gasteiger partial charge on any atom is 0.426 e. The van der Waals surface area contributed by atoms with Crippen LogP contribution in [0.5, 0.6) is 5.75 Å². The Bertz CT molecular complexity index is 963. The number of hydrogen-bond acceptors (Lipinski definition) is 6. The summed E-state index contributed by atoms with van der Waals surface area (Å²) in [6.07, 6.45) is -0.829. The van der Waals surface area contributed by atoms with E-state index < -0.39 is 22.0 Å². The molecule has 0 aromatic heterocycles. The van der Waals surface area contributed by atoms with Crippen molar-refractivity contribution in [2.24, 2.45) is 0 Å². The zero-order valence-electron chi connectivity index (χ0n) is 16.3. The minimum absolute atomic E-state index is 0.0225. The lowest BCUT2D eigenvalue weighted by molar-refractivity contribution is 0.0912. The number of methoxy groups -OCH3 is 1. The SMILES string of the molecule is CCOC(=O)NNC(=O)c1ccc(OC)c(S(=O)(=O)N(C)Cc2ccccc2)c1. The van der Waals surface area contributed by atoms with Crippen molar-refractivity contribution >= 4 is 22.0 Å². The van der Waals surface area contributed by atoms with Crippen LogP contribution in [-0.4, -0.2) is 45.5 Å². The van der Waals surface area contributed by atoms with Crippen molar-refractivity contribution in [3.8, 4) is 5.75 Å². The van der Waals surface area contributed by atoms with E-state index in [1.165, 1.54) is 36.7 Å². The summed E-state index contributed by atoms with van der Waals surface area (Å²) < 4.78 is 37.1. The first kappa shape index (κ1) is 22.2. The first-order valence-electron chi connectivity index (χ1n) is 8.71. The summed E-state index contributed by atoms with van der Waals surface area (Å²) in [6, 6.07) is 13.1. The quantitative estimate of drug-likeness (QED) is 0.660. The second kappa shape index (κ2) is 9.89. The van der Waals surface area contributed by atoms with E-state index >= 15 is 0 Å². The van der Waals surface area contributed by atoms with Gasteiger partial charge in [-0.2, -0.15) is 4.31 Å². The molecule has 0 saturated carbocycles. The number of rotatable bonds is 7. The van der Waals surface area contributed by atoms with E-state index in [4.69, 9.17) is 4.74 Å². The van der Waals surface area contributed by atoms with Gasteiger partial charge < -0.3 is 9.47 Å². The predicted octanol–water partition coefficient (Wildman–Crippen LogP) is 1.91. The number of ether oxygens (including phenoxy) is 2. The van der Waals surface area contributed by atoms with Gasteiger partial charge in [-0.1, -0.05) is 30.3 Å². The van der Waals surface area contributed by atoms with Gasteiger partial charge in [0.25, 0.3) is 5.91 Å². The Balaban J connectivity index is 2.27. The molecule has 9 nitrogen and oxygen atoms in total. The molecule has 2 aromatic carbocycles. The number of sulfonamides is 1. The maximum absolute atomic E-state index is 13.1. The second-order valence-electron chi connectivity index (χ2n) is 5.91. The summed E-state index contributed by atoms with van der Waals surface area (Å²) >= 11 is 0. The number of hydrogen-bond donors (Lipinski definition) is 2. The number of nitrogens with one attached hydrogen (secondary N) is 2. The molecule has 156 valence electrons. The largest absolute Gasteiger partial charge is 0.495 e. The third kappa shape index (κ3) is 5.69. The van der Waals surface area contributed by atoms with Crippen LogP contribution < -0.4 is 15.6 Å². The van der Waals surface area contributed by atoms with Gasteiger partial charge in [0.1, 0.15) is 10.6 Å². The zero-order chi connectivity index (χ0) is 21.4. The van der Waals surface area contributed by atoms with Crippen LogP contribution in [-0.2, 0) is 21.3 Å². The first-order valence-corrected chi connectivity index (χ1v) is 10.1. The van der Waals surface area contributed by atoms with Crippen molar-refractivity contribution in [3.63, 3.8) is 0 Å². The number of nitrogens with zero attached hydrogens (tertiary/aromatic N) is 1. The van der Waals surface area contributed by atoms with Crippen LogP contribution in [0.3, 0.4) is 0 Å². The summed E-state index contributed by atoms with van der Waals surface area (Å²) in [5.41, 5.74) is 5.06. The third-order valence-corrected chi connectivity index (χ3v) is 5.74. The third-order valence-electron chi connectivity index (χ3n) is 3.92. The molecule has 0 radical (unpaired) electrons. The molecule has 0 aliphatic rings. The van der Waals surface area contributed by atoms with Gasteiger partial charge in [0, 0.05) is 19.2 Å². The number of hydrazine groups is 1. The van der Waals surface area contributed by atoms with Crippen molar-refractivity contribution in [2.75, 3.05) is 20.8 Å². The molecule has 0 atom stereocenters. The van der Waals surface area contributed by atoms with Crippen molar-refractivity contribution < 1.29 is 27.5 Å². The predicted molar refractivity (Wildman–Crippen MR) is 106 cm³/mol. The van der Waals surface area contributed by atoms with Gasteiger partial charge in [-0.05, 0) is 30.7 Å². The van der Waals surface area contributed by atoms with Crippen LogP contribution in [0.4, 0.5) is 4.79 Å². The van der Waals surface area contributed by atoms with E-state index in [0.29, 0.717) is 0 Å². The molecular weight excluding hydrogens is 398 g/mol. The molecule has 0 aliphatic carbocycles. The summed E-state index contributed by atoms with van der Waals surface area (Å²) in [6.45, 7) is 1.90. The molecule has 0 spiro atoms. The number of amides is 2. The number of carbonyl (C=O) groups excluding carboxylic acids is 2. The lowest BCUT2D eigenvalue weighted by Gasteiger charge is -2.19. The summed E-state index contributed by atoms with van der Waals surface area (Å²) in [5, 5.41) is 0. The van der Waals surface area contributed by atoms with Gasteiger partial charge in [-0.25, -0.2) is 18.6 Å². The van der Waals surface area contributed by atoms with Gasteiger partial charge in [0.05, 0.1) is 13.7 Å². The highest BCUT2D eigenvalue weighted by Gasteiger charge is 2.26. The molecule has 0 bridgehead atoms. The maximum atomic E-state index is 13.1. The Morgan fingerprint density at radius 2 is 1.76 bits per heavy atom. The molecular formula is C19H23N3O6S.